The van der Waals surface area contributed by atoms with Crippen LogP contribution in [0.5, 0.6) is 5.75 Å². The van der Waals surface area contributed by atoms with E-state index >= 15 is 0 Å². The van der Waals surface area contributed by atoms with E-state index in [1.807, 2.05) is 20.8 Å². The van der Waals surface area contributed by atoms with Crippen LogP contribution in [0.3, 0.4) is 0 Å². The van der Waals surface area contributed by atoms with Crippen molar-refractivity contribution >= 4 is 41.2 Å². The average molecular weight is 703 g/mol. The number of nitro groups is 1. The summed E-state index contributed by atoms with van der Waals surface area (Å²) >= 11 is 0. The van der Waals surface area contributed by atoms with Crippen molar-refractivity contribution in [1.29, 1.82) is 0 Å². The maximum atomic E-state index is 13.4. The van der Waals surface area contributed by atoms with Crippen molar-refractivity contribution in [3.05, 3.63) is 64.2 Å². The summed E-state index contributed by atoms with van der Waals surface area (Å²) in [7, 11) is 0. The van der Waals surface area contributed by atoms with Crippen molar-refractivity contribution in [2.45, 2.75) is 91.4 Å². The number of nitrogens with zero attached hydrogens (tertiary/aromatic N) is 1. The Morgan fingerprint density at radius 1 is 0.840 bits per heavy atom. The molecule has 0 aliphatic carbocycles. The molecule has 16 heteroatoms. The number of ether oxygens (including phenoxy) is 1. The highest BCUT2D eigenvalue weighted by atomic mass is 16.6. The van der Waals surface area contributed by atoms with E-state index in [0.717, 1.165) is 6.42 Å². The summed E-state index contributed by atoms with van der Waals surface area (Å²) in [6, 6.07) is 7.42. The molecule has 0 fully saturated rings. The predicted molar refractivity (Wildman–Crippen MR) is 186 cm³/mol. The molecule has 0 saturated heterocycles. The number of aliphatic carboxylic acids is 1. The fourth-order valence-corrected chi connectivity index (χ4v) is 4.31. The highest BCUT2D eigenvalue weighted by Gasteiger charge is 2.32. The maximum absolute atomic E-state index is 13.4. The fraction of sp³-hybridized carbons (Fsp3) is 0.500. The molecule has 16 nitrogen and oxygen atoms in total. The summed E-state index contributed by atoms with van der Waals surface area (Å²) in [5.74, 6) is -3.54. The molecular formula is C34H50N6O10. The lowest BCUT2D eigenvalue weighted by Gasteiger charge is -2.27. The van der Waals surface area contributed by atoms with Gasteiger partial charge in [0.1, 0.15) is 29.9 Å². The number of carboxylic acids is 1. The summed E-state index contributed by atoms with van der Waals surface area (Å²) in [5.41, 5.74) is 6.52. The minimum absolute atomic E-state index is 0.0191. The number of hydrogen-bond acceptors (Lipinski definition) is 10. The van der Waals surface area contributed by atoms with Gasteiger partial charge in [0.05, 0.1) is 11.5 Å². The number of phenolic OH excluding ortho intramolecular Hbond substituents is 1. The van der Waals surface area contributed by atoms with Crippen molar-refractivity contribution in [3.8, 4) is 5.75 Å². The molecule has 0 aliphatic heterocycles. The Labute approximate surface area is 291 Å². The van der Waals surface area contributed by atoms with Crippen LogP contribution >= 0.6 is 0 Å². The topological polar surface area (TPSA) is 252 Å². The number of nitrogens with two attached hydrogens (primary N) is 1. The molecule has 4 atom stereocenters. The number of hydrogen-bond donors (Lipinski definition) is 7. The van der Waals surface area contributed by atoms with Gasteiger partial charge in [-0.1, -0.05) is 53.2 Å². The third kappa shape index (κ3) is 16.1. The van der Waals surface area contributed by atoms with Crippen molar-refractivity contribution < 1.29 is 43.8 Å². The first kappa shape index (κ1) is 42.6. The van der Waals surface area contributed by atoms with E-state index in [1.165, 1.54) is 43.3 Å². The van der Waals surface area contributed by atoms with E-state index in [2.05, 4.69) is 21.3 Å². The number of alkyl carbamates (subject to hydrolysis) is 1. The van der Waals surface area contributed by atoms with E-state index in [1.54, 1.807) is 26.0 Å². The van der Waals surface area contributed by atoms with Gasteiger partial charge in [0.25, 0.3) is 5.69 Å². The third-order valence-electron chi connectivity index (χ3n) is 7.14. The van der Waals surface area contributed by atoms with Gasteiger partial charge in [-0.05, 0) is 61.4 Å². The molecule has 0 radical (unpaired) electrons. The number of aromatic hydroxyl groups is 1. The van der Waals surface area contributed by atoms with Gasteiger partial charge in [0.15, 0.2) is 0 Å². The summed E-state index contributed by atoms with van der Waals surface area (Å²) < 4.78 is 5.02. The summed E-state index contributed by atoms with van der Waals surface area (Å²) in [6.07, 6.45) is 0.997. The van der Waals surface area contributed by atoms with E-state index in [4.69, 9.17) is 10.5 Å². The zero-order chi connectivity index (χ0) is 38.0. The quantitative estimate of drug-likeness (QED) is 0.0545. The van der Waals surface area contributed by atoms with Gasteiger partial charge < -0.3 is 42.0 Å². The second kappa shape index (κ2) is 21.5. The van der Waals surface area contributed by atoms with Gasteiger partial charge in [-0.15, -0.1) is 0 Å². The number of nitrogen functional groups attached to an aromatic ring is 1. The molecule has 276 valence electrons. The highest BCUT2D eigenvalue weighted by molar-refractivity contribution is 5.94. The van der Waals surface area contributed by atoms with E-state index < -0.39 is 58.9 Å². The van der Waals surface area contributed by atoms with Crippen LogP contribution in [0.1, 0.15) is 66.4 Å². The van der Waals surface area contributed by atoms with Crippen molar-refractivity contribution in [2.24, 2.45) is 11.8 Å². The zero-order valence-electron chi connectivity index (χ0n) is 29.3. The number of nitro benzene ring substituents is 1. The number of unbranched alkanes of at least 4 members (excludes halogenated alkanes) is 1. The molecule has 2 aromatic carbocycles. The zero-order valence-corrected chi connectivity index (χ0v) is 29.3. The van der Waals surface area contributed by atoms with Crippen LogP contribution in [0.2, 0.25) is 0 Å². The second-order valence-corrected chi connectivity index (χ2v) is 12.4. The molecule has 0 bridgehead atoms. The van der Waals surface area contributed by atoms with Crippen LogP contribution < -0.4 is 27.0 Å². The molecule has 4 amide bonds. The molecule has 0 saturated carbocycles. The number of carbonyl (C=O) groups is 5. The number of carbonyl (C=O) groups excluding carboxylic acids is 4. The highest BCUT2D eigenvalue weighted by Crippen LogP contribution is 2.14. The third-order valence-corrected chi connectivity index (χ3v) is 7.14. The van der Waals surface area contributed by atoms with Gasteiger partial charge in [-0.25, -0.2) is 9.59 Å². The average Bonchev–Trinajstić information content (AvgIpc) is 3.03. The molecule has 2 rings (SSSR count). The smallest absolute Gasteiger partial charge is 0.407 e. The van der Waals surface area contributed by atoms with Crippen LogP contribution in [0.25, 0.3) is 0 Å². The summed E-state index contributed by atoms with van der Waals surface area (Å²) in [5, 5.41) is 39.4. The lowest BCUT2D eigenvalue weighted by molar-refractivity contribution is -0.384. The minimum atomic E-state index is -1.19. The molecule has 0 spiro atoms. The number of non-ortho nitro benzene ring substituents is 1. The second-order valence-electron chi connectivity index (χ2n) is 12.4. The largest absolute Gasteiger partial charge is 0.508 e. The lowest BCUT2D eigenvalue weighted by Crippen LogP contribution is -2.58. The first-order chi connectivity index (χ1) is 23.4. The van der Waals surface area contributed by atoms with Gasteiger partial charge in [0.2, 0.25) is 17.7 Å². The molecule has 0 aliphatic rings. The number of anilines is 1. The normalized spacial score (nSPS) is 13.0. The first-order valence-corrected chi connectivity index (χ1v) is 16.3. The van der Waals surface area contributed by atoms with Gasteiger partial charge >= 0.3 is 12.1 Å². The Morgan fingerprint density at radius 2 is 1.40 bits per heavy atom. The number of benzene rings is 2. The molecule has 50 heavy (non-hydrogen) atoms. The number of rotatable bonds is 17. The van der Waals surface area contributed by atoms with Gasteiger partial charge in [0, 0.05) is 24.2 Å². The molecule has 8 N–H and O–H groups in total. The molecule has 0 heterocycles. The minimum Gasteiger partial charge on any atom is -0.508 e. The summed E-state index contributed by atoms with van der Waals surface area (Å²) in [4.78, 5) is 72.6. The number of amides is 4. The maximum Gasteiger partial charge on any atom is 0.407 e. The Bertz CT molecular complexity index is 1420. The van der Waals surface area contributed by atoms with Crippen LogP contribution in [0.4, 0.5) is 16.2 Å². The molecular weight excluding hydrogens is 652 g/mol. The molecule has 0 aromatic heterocycles. The Hall–Kier alpha value is -5.41. The number of phenols is 1. The molecule has 0 unspecified atom stereocenters. The number of carboxylic acid groups (broad SMARTS) is 1. The lowest BCUT2D eigenvalue weighted by atomic mass is 9.99. The molecule has 2 aromatic rings. The van der Waals surface area contributed by atoms with Gasteiger partial charge in [-0.2, -0.15) is 0 Å². The predicted octanol–water partition coefficient (Wildman–Crippen LogP) is 3.27. The van der Waals surface area contributed by atoms with Crippen LogP contribution in [0, 0.1) is 22.0 Å². The van der Waals surface area contributed by atoms with Gasteiger partial charge in [-0.3, -0.25) is 24.5 Å². The SMILES string of the molecule is CCCCOC(=O)N[C@@H](C)C(=O)N[C@@H](Cc1ccc(O)cc1)C(=O)N[C@@H](CC(C)C)C(=O)N[C@H](C(=O)O)C(C)C.Nc1ccc([N+](=O)[O-])cc1. The summed E-state index contributed by atoms with van der Waals surface area (Å²) in [6.45, 7) is 10.6. The van der Waals surface area contributed by atoms with Crippen molar-refractivity contribution in [3.63, 3.8) is 0 Å². The van der Waals surface area contributed by atoms with Crippen LogP contribution in [-0.2, 0) is 30.3 Å². The van der Waals surface area contributed by atoms with Crippen LogP contribution in [-0.4, -0.2) is 75.7 Å². The Balaban J connectivity index is 0.00000106. The van der Waals surface area contributed by atoms with E-state index in [9.17, 15) is 44.3 Å². The monoisotopic (exact) mass is 702 g/mol. The van der Waals surface area contributed by atoms with E-state index in [-0.39, 0.29) is 42.7 Å². The van der Waals surface area contributed by atoms with Crippen molar-refractivity contribution in [1.82, 2.24) is 21.3 Å². The Morgan fingerprint density at radius 3 is 1.90 bits per heavy atom. The van der Waals surface area contributed by atoms with E-state index in [0.29, 0.717) is 17.7 Å². The van der Waals surface area contributed by atoms with Crippen molar-refractivity contribution in [2.75, 3.05) is 12.3 Å². The Kier molecular flexibility index (Phi) is 18.4. The fourth-order valence-electron chi connectivity index (χ4n) is 4.31. The standard InChI is InChI=1S/C28H44N4O8.C6H6N2O2/c1-7-8-13-40-28(39)29-18(6)24(34)30-22(15-19-9-11-20(33)12-10-19)25(35)31-21(14-16(2)3)26(36)32-23(17(4)5)27(37)38;7-5-1-3-6(4-2-5)8(9)10/h9-12,16-18,21-23,33H,7-8,13-15H2,1-6H3,(H,29,39)(H,30,34)(H,31,35)(H,32,36)(H,37,38);1-4H,7H2/t18-,21-,22-,23-;/m0./s1. The van der Waals surface area contributed by atoms with Crippen LogP contribution in [0.15, 0.2) is 48.5 Å². The number of nitrogens with one attached hydrogen (secondary N) is 4. The first-order valence-electron chi connectivity index (χ1n) is 16.3.